The molecule has 1 amide bonds. The van der Waals surface area contributed by atoms with E-state index in [0.717, 1.165) is 56.5 Å². The lowest BCUT2D eigenvalue weighted by Gasteiger charge is -2.34. The Hall–Kier alpha value is -2.28. The van der Waals surface area contributed by atoms with Gasteiger partial charge in [0.05, 0.1) is 7.11 Å². The van der Waals surface area contributed by atoms with Gasteiger partial charge in [-0.1, -0.05) is 18.2 Å². The molecule has 0 bridgehead atoms. The van der Waals surface area contributed by atoms with Crippen molar-refractivity contribution in [2.45, 2.75) is 13.5 Å². The SMILES string of the molecule is CN=C(NCCN1CCN(C(C)=O)CC1)NCc1ccccc1OC. The molecule has 0 saturated carbocycles. The fourth-order valence-electron chi connectivity index (χ4n) is 2.87. The summed E-state index contributed by atoms with van der Waals surface area (Å²) < 4.78 is 5.36. The molecule has 7 heteroatoms. The lowest BCUT2D eigenvalue weighted by Crippen LogP contribution is -2.50. The Kier molecular flexibility index (Phi) is 7.53. The van der Waals surface area contributed by atoms with Crippen LogP contribution in [0.25, 0.3) is 0 Å². The van der Waals surface area contributed by atoms with Gasteiger partial charge < -0.3 is 20.3 Å². The number of hydrogen-bond acceptors (Lipinski definition) is 4. The molecule has 1 aromatic rings. The van der Waals surface area contributed by atoms with Gasteiger partial charge in [0.1, 0.15) is 5.75 Å². The predicted molar refractivity (Wildman–Crippen MR) is 99.9 cm³/mol. The van der Waals surface area contributed by atoms with Crippen LogP contribution in [-0.2, 0) is 11.3 Å². The summed E-state index contributed by atoms with van der Waals surface area (Å²) in [6.07, 6.45) is 0. The van der Waals surface area contributed by atoms with E-state index in [0.29, 0.717) is 6.54 Å². The van der Waals surface area contributed by atoms with Gasteiger partial charge in [-0.05, 0) is 6.07 Å². The highest BCUT2D eigenvalue weighted by molar-refractivity contribution is 5.79. The summed E-state index contributed by atoms with van der Waals surface area (Å²) in [5.41, 5.74) is 1.09. The number of nitrogens with zero attached hydrogens (tertiary/aromatic N) is 3. The number of rotatable bonds is 6. The maximum atomic E-state index is 11.3. The normalized spacial score (nSPS) is 15.8. The number of piperazine rings is 1. The second-order valence-corrected chi connectivity index (χ2v) is 6.01. The van der Waals surface area contributed by atoms with Crippen LogP contribution in [0, 0.1) is 0 Å². The number of guanidine groups is 1. The standard InChI is InChI=1S/C18H29N5O2/c1-15(24)23-12-10-22(11-13-23)9-8-20-18(19-2)21-14-16-6-4-5-7-17(16)25-3/h4-7H,8-14H2,1-3H3,(H2,19,20,21). The van der Waals surface area contributed by atoms with Crippen LogP contribution in [0.1, 0.15) is 12.5 Å². The number of para-hydroxylation sites is 1. The van der Waals surface area contributed by atoms with Crippen LogP contribution in [-0.4, -0.2) is 75.1 Å². The number of benzene rings is 1. The van der Waals surface area contributed by atoms with Gasteiger partial charge in [0.25, 0.3) is 0 Å². The molecule has 0 atom stereocenters. The Morgan fingerprint density at radius 2 is 1.92 bits per heavy atom. The van der Waals surface area contributed by atoms with Gasteiger partial charge in [-0.15, -0.1) is 0 Å². The van der Waals surface area contributed by atoms with Crippen molar-refractivity contribution < 1.29 is 9.53 Å². The summed E-state index contributed by atoms with van der Waals surface area (Å²) in [4.78, 5) is 19.9. The first-order chi connectivity index (χ1) is 12.1. The van der Waals surface area contributed by atoms with Crippen LogP contribution in [0.3, 0.4) is 0 Å². The molecule has 25 heavy (non-hydrogen) atoms. The molecule has 1 aromatic carbocycles. The second-order valence-electron chi connectivity index (χ2n) is 6.01. The quantitative estimate of drug-likeness (QED) is 0.580. The Bertz CT molecular complexity index is 583. The van der Waals surface area contributed by atoms with Crippen molar-refractivity contribution in [3.63, 3.8) is 0 Å². The minimum atomic E-state index is 0.165. The number of carbonyl (C=O) groups excluding carboxylic acids is 1. The predicted octanol–water partition coefficient (Wildman–Crippen LogP) is 0.524. The zero-order chi connectivity index (χ0) is 18.1. The minimum Gasteiger partial charge on any atom is -0.496 e. The van der Waals surface area contributed by atoms with Crippen molar-refractivity contribution in [3.8, 4) is 5.75 Å². The van der Waals surface area contributed by atoms with Gasteiger partial charge in [0.15, 0.2) is 5.96 Å². The maximum absolute atomic E-state index is 11.3. The number of carbonyl (C=O) groups is 1. The van der Waals surface area contributed by atoms with Crippen molar-refractivity contribution in [1.29, 1.82) is 0 Å². The van der Waals surface area contributed by atoms with Crippen LogP contribution in [0.4, 0.5) is 0 Å². The molecule has 0 spiro atoms. The number of amides is 1. The minimum absolute atomic E-state index is 0.165. The van der Waals surface area contributed by atoms with E-state index in [1.165, 1.54) is 0 Å². The first-order valence-electron chi connectivity index (χ1n) is 8.68. The van der Waals surface area contributed by atoms with Crippen molar-refractivity contribution in [3.05, 3.63) is 29.8 Å². The largest absolute Gasteiger partial charge is 0.496 e. The third-order valence-corrected chi connectivity index (χ3v) is 4.40. The molecule has 0 aromatic heterocycles. The summed E-state index contributed by atoms with van der Waals surface area (Å²) in [6, 6.07) is 7.94. The van der Waals surface area contributed by atoms with E-state index >= 15 is 0 Å². The molecule has 1 saturated heterocycles. The number of aliphatic imine (C=N–C) groups is 1. The van der Waals surface area contributed by atoms with E-state index in [4.69, 9.17) is 4.74 Å². The average Bonchev–Trinajstić information content (AvgIpc) is 2.65. The Labute approximate surface area is 150 Å². The summed E-state index contributed by atoms with van der Waals surface area (Å²) in [5, 5.41) is 6.64. The third-order valence-electron chi connectivity index (χ3n) is 4.40. The highest BCUT2D eigenvalue weighted by Crippen LogP contribution is 2.16. The van der Waals surface area contributed by atoms with Gasteiger partial charge >= 0.3 is 0 Å². The molecule has 1 heterocycles. The Morgan fingerprint density at radius 3 is 2.56 bits per heavy atom. The van der Waals surface area contributed by atoms with E-state index in [-0.39, 0.29) is 5.91 Å². The van der Waals surface area contributed by atoms with Gasteiger partial charge in [-0.25, -0.2) is 0 Å². The van der Waals surface area contributed by atoms with Crippen molar-refractivity contribution in [2.24, 2.45) is 4.99 Å². The van der Waals surface area contributed by atoms with Crippen molar-refractivity contribution in [2.75, 3.05) is 53.4 Å². The molecule has 7 nitrogen and oxygen atoms in total. The first-order valence-corrected chi connectivity index (χ1v) is 8.68. The molecule has 1 aliphatic rings. The van der Waals surface area contributed by atoms with Gasteiger partial charge in [0, 0.05) is 65.3 Å². The number of hydrogen-bond donors (Lipinski definition) is 2. The number of nitrogens with one attached hydrogen (secondary N) is 2. The maximum Gasteiger partial charge on any atom is 0.219 e. The average molecular weight is 347 g/mol. The molecule has 2 rings (SSSR count). The molecular weight excluding hydrogens is 318 g/mol. The highest BCUT2D eigenvalue weighted by atomic mass is 16.5. The van der Waals surface area contributed by atoms with Crippen molar-refractivity contribution >= 4 is 11.9 Å². The third kappa shape index (κ3) is 5.94. The topological polar surface area (TPSA) is 69.2 Å². The summed E-state index contributed by atoms with van der Waals surface area (Å²) >= 11 is 0. The molecule has 0 radical (unpaired) electrons. The van der Waals surface area contributed by atoms with E-state index in [2.05, 4.69) is 20.5 Å². The molecule has 1 aliphatic heterocycles. The van der Waals surface area contributed by atoms with Crippen LogP contribution in [0.15, 0.2) is 29.3 Å². The van der Waals surface area contributed by atoms with Crippen LogP contribution in [0.2, 0.25) is 0 Å². The van der Waals surface area contributed by atoms with Crippen molar-refractivity contribution in [1.82, 2.24) is 20.4 Å². The zero-order valence-electron chi connectivity index (χ0n) is 15.4. The molecule has 138 valence electrons. The smallest absolute Gasteiger partial charge is 0.219 e. The van der Waals surface area contributed by atoms with Gasteiger partial charge in [-0.2, -0.15) is 0 Å². The van der Waals surface area contributed by atoms with Crippen LogP contribution in [0.5, 0.6) is 5.75 Å². The fourth-order valence-corrected chi connectivity index (χ4v) is 2.87. The number of methoxy groups -OCH3 is 1. The molecule has 0 unspecified atom stereocenters. The molecular formula is C18H29N5O2. The summed E-state index contributed by atoms with van der Waals surface area (Å²) in [6.45, 7) is 7.51. The lowest BCUT2D eigenvalue weighted by atomic mass is 10.2. The Balaban J connectivity index is 1.70. The number of ether oxygens (including phenoxy) is 1. The zero-order valence-corrected chi connectivity index (χ0v) is 15.4. The van der Waals surface area contributed by atoms with Crippen LogP contribution < -0.4 is 15.4 Å². The van der Waals surface area contributed by atoms with Gasteiger partial charge in [0.2, 0.25) is 5.91 Å². The molecule has 0 aliphatic carbocycles. The van der Waals surface area contributed by atoms with E-state index in [9.17, 15) is 4.79 Å². The Morgan fingerprint density at radius 1 is 1.20 bits per heavy atom. The summed E-state index contributed by atoms with van der Waals surface area (Å²) in [7, 11) is 3.45. The van der Waals surface area contributed by atoms with Crippen LogP contribution >= 0.6 is 0 Å². The van der Waals surface area contributed by atoms with Gasteiger partial charge in [-0.3, -0.25) is 14.7 Å². The fraction of sp³-hybridized carbons (Fsp3) is 0.556. The summed E-state index contributed by atoms with van der Waals surface area (Å²) in [5.74, 6) is 1.81. The van der Waals surface area contributed by atoms with E-state index < -0.39 is 0 Å². The monoisotopic (exact) mass is 347 g/mol. The molecule has 2 N–H and O–H groups in total. The second kappa shape index (κ2) is 9.88. The lowest BCUT2D eigenvalue weighted by molar-refractivity contribution is -0.130. The van der Waals surface area contributed by atoms with E-state index in [1.807, 2.05) is 29.2 Å². The first kappa shape index (κ1) is 19.1. The molecule has 1 fully saturated rings. The highest BCUT2D eigenvalue weighted by Gasteiger charge is 2.17. The van der Waals surface area contributed by atoms with E-state index in [1.54, 1.807) is 21.1 Å².